The molecule has 0 amide bonds. The molecule has 0 spiro atoms. The molecule has 0 N–H and O–H groups in total. The maximum Gasteiger partial charge on any atom is 0.220 e. The quantitative estimate of drug-likeness (QED) is 0.0221. The van der Waals surface area contributed by atoms with Crippen LogP contribution >= 0.6 is 147 Å². The maximum atomic E-state index is 13.4. The fraction of sp³-hybridized carbons (Fsp3) is 0.409. The molecule has 16 aromatic rings. The first kappa shape index (κ1) is 79.0. The normalized spacial score (nSPS) is 12.3. The lowest BCUT2D eigenvalue weighted by molar-refractivity contribution is 0.101. The van der Waals surface area contributed by atoms with E-state index in [1.807, 2.05) is 113 Å². The van der Waals surface area contributed by atoms with E-state index >= 15 is 0 Å². The van der Waals surface area contributed by atoms with Gasteiger partial charge in [0, 0.05) is 109 Å². The second kappa shape index (κ2) is 34.5. The Morgan fingerprint density at radius 3 is 1.25 bits per heavy atom. The van der Waals surface area contributed by atoms with Gasteiger partial charge < -0.3 is 0 Å². The van der Waals surface area contributed by atoms with Gasteiger partial charge >= 0.3 is 0 Å². The first-order valence-electron chi connectivity index (χ1n) is 40.7. The van der Waals surface area contributed by atoms with E-state index in [9.17, 15) is 14.4 Å². The van der Waals surface area contributed by atoms with E-state index in [0.717, 1.165) is 66.9 Å². The molecule has 0 atom stereocenters. The number of hydrogen-bond donors (Lipinski definition) is 0. The largest absolute Gasteiger partial charge is 0.294 e. The SMILES string of the molecule is CCCCCCCCCCCCc1c2cc(-c3sc(C)c4sc(C(C)=O)cc34)sc2c(CCCCCCCCCCCC)c2cc(-c3ccc(Bc4sc(-c5cc6c(C)c7sc(Cc8sc(-c9cc%10c(CCC)c%11sc(C)cc%11c(CCC)c%10s9)c9cc(C(C)=O)sc89)cc7c(C)c6s5)c5cc(C(C)=O)sc45)s3)sc12. The molecule has 17 heteroatoms. The van der Waals surface area contributed by atoms with Crippen LogP contribution in [0.1, 0.15) is 272 Å². The monoisotopic (exact) mass is 1690 g/mol. The lowest BCUT2D eigenvalue weighted by Crippen LogP contribution is -2.21. The molecule has 13 aromatic heterocycles. The molecule has 13 heterocycles. The Bertz CT molecular complexity index is 5920. The van der Waals surface area contributed by atoms with Crippen LogP contribution in [0.5, 0.6) is 0 Å². The Hall–Kier alpha value is -4.83. The Labute approximate surface area is 702 Å². The van der Waals surface area contributed by atoms with Crippen molar-refractivity contribution in [2.45, 2.75) is 250 Å². The predicted octanol–water partition coefficient (Wildman–Crippen LogP) is 33.2. The van der Waals surface area contributed by atoms with Gasteiger partial charge in [0.15, 0.2) is 17.3 Å². The van der Waals surface area contributed by atoms with Crippen molar-refractivity contribution >= 4 is 272 Å². The first-order valence-corrected chi connectivity index (χ1v) is 51.3. The van der Waals surface area contributed by atoms with Gasteiger partial charge in [-0.15, -0.1) is 147 Å². The maximum absolute atomic E-state index is 13.4. The summed E-state index contributed by atoms with van der Waals surface area (Å²) < 4.78 is 15.1. The number of thiophene rings is 13. The summed E-state index contributed by atoms with van der Waals surface area (Å²) in [7, 11) is 0.831. The second-order valence-electron chi connectivity index (χ2n) is 31.0. The average molecular weight is 1690 g/mol. The van der Waals surface area contributed by atoms with Gasteiger partial charge in [-0.3, -0.25) is 14.4 Å². The lowest BCUT2D eigenvalue weighted by Gasteiger charge is -2.12. The zero-order chi connectivity index (χ0) is 76.2. The van der Waals surface area contributed by atoms with Crippen LogP contribution in [0, 0.1) is 27.7 Å². The lowest BCUT2D eigenvalue weighted by atomic mass is 9.75. The third-order valence-electron chi connectivity index (χ3n) is 22.8. The van der Waals surface area contributed by atoms with Gasteiger partial charge in [-0.05, 0) is 223 Å². The number of ketones is 3. The Balaban J connectivity index is 0.708. The molecule has 110 heavy (non-hydrogen) atoms. The molecule has 0 saturated heterocycles. The molecule has 0 aliphatic rings. The van der Waals surface area contributed by atoms with Crippen molar-refractivity contribution in [3.05, 3.63) is 134 Å². The molecule has 0 fully saturated rings. The van der Waals surface area contributed by atoms with Crippen molar-refractivity contribution in [3.63, 3.8) is 0 Å². The molecule has 0 saturated carbocycles. The fourth-order valence-electron chi connectivity index (χ4n) is 17.1. The number of Topliss-reactive ketones (excluding diaryl/α,β-unsaturated/α-hetero) is 3. The van der Waals surface area contributed by atoms with Gasteiger partial charge in [0.1, 0.15) is 0 Å². The van der Waals surface area contributed by atoms with Gasteiger partial charge in [-0.25, -0.2) is 0 Å². The summed E-state index contributed by atoms with van der Waals surface area (Å²) in [5.41, 5.74) is 8.80. The molecule has 0 radical (unpaired) electrons. The van der Waals surface area contributed by atoms with E-state index in [-0.39, 0.29) is 17.3 Å². The molecule has 0 aliphatic heterocycles. The molecule has 3 nitrogen and oxygen atoms in total. The van der Waals surface area contributed by atoms with Crippen LogP contribution < -0.4 is 9.55 Å². The minimum Gasteiger partial charge on any atom is -0.294 e. The van der Waals surface area contributed by atoms with E-state index in [0.29, 0.717) is 0 Å². The van der Waals surface area contributed by atoms with Gasteiger partial charge in [0.05, 0.1) is 29.3 Å². The van der Waals surface area contributed by atoms with E-state index in [2.05, 4.69) is 122 Å². The number of aryl methyl sites for hydroxylation is 8. The highest BCUT2D eigenvalue weighted by Crippen LogP contribution is 2.55. The summed E-state index contributed by atoms with van der Waals surface area (Å²) in [6.45, 7) is 23.6. The number of rotatable bonds is 37. The highest BCUT2D eigenvalue weighted by atomic mass is 32.1. The number of hydrogen-bond acceptors (Lipinski definition) is 16. The van der Waals surface area contributed by atoms with Crippen LogP contribution in [0.25, 0.3) is 130 Å². The fourth-order valence-corrected chi connectivity index (χ4v) is 33.4. The van der Waals surface area contributed by atoms with Crippen molar-refractivity contribution in [2.75, 3.05) is 0 Å². The number of carbonyl (C=O) groups excluding carboxylic acids is 3. The number of benzene rings is 3. The smallest absolute Gasteiger partial charge is 0.220 e. The van der Waals surface area contributed by atoms with Crippen molar-refractivity contribution in [2.24, 2.45) is 0 Å². The van der Waals surface area contributed by atoms with Gasteiger partial charge in [-0.1, -0.05) is 162 Å². The Morgan fingerprint density at radius 2 is 0.718 bits per heavy atom. The molecule has 570 valence electrons. The Morgan fingerprint density at radius 1 is 0.309 bits per heavy atom. The zero-order valence-electron chi connectivity index (χ0n) is 65.7. The van der Waals surface area contributed by atoms with Gasteiger partial charge in [-0.2, -0.15) is 0 Å². The van der Waals surface area contributed by atoms with Crippen LogP contribution in [0.4, 0.5) is 0 Å². The Kier molecular flexibility index (Phi) is 24.8. The molecular formula is C93H99BO3S13. The highest BCUT2D eigenvalue weighted by molar-refractivity contribution is 7.39. The minimum absolute atomic E-state index is 0.131. The van der Waals surface area contributed by atoms with E-state index in [4.69, 9.17) is 0 Å². The number of carbonyl (C=O) groups is 3. The highest BCUT2D eigenvalue weighted by Gasteiger charge is 2.29. The topological polar surface area (TPSA) is 51.2 Å². The van der Waals surface area contributed by atoms with Crippen molar-refractivity contribution in [1.29, 1.82) is 0 Å². The predicted molar refractivity (Wildman–Crippen MR) is 508 cm³/mol. The summed E-state index contributed by atoms with van der Waals surface area (Å²) in [4.78, 5) is 58.0. The molecular weight excluding hydrogens is 1590 g/mol. The van der Waals surface area contributed by atoms with Gasteiger partial charge in [0.2, 0.25) is 7.28 Å². The minimum atomic E-state index is 0.131. The molecule has 0 unspecified atom stereocenters. The summed E-state index contributed by atoms with van der Waals surface area (Å²) in [6.07, 6.45) is 33.9. The van der Waals surface area contributed by atoms with Crippen LogP contribution in [-0.2, 0) is 32.1 Å². The molecule has 0 bridgehead atoms. The molecule has 0 aliphatic carbocycles. The van der Waals surface area contributed by atoms with Crippen LogP contribution in [-0.4, -0.2) is 24.6 Å². The van der Waals surface area contributed by atoms with Crippen molar-refractivity contribution in [1.82, 2.24) is 0 Å². The molecule has 16 rings (SSSR count). The summed E-state index contributed by atoms with van der Waals surface area (Å²) >= 11 is 24.7. The van der Waals surface area contributed by atoms with Crippen LogP contribution in [0.3, 0.4) is 0 Å². The van der Waals surface area contributed by atoms with Crippen LogP contribution in [0.2, 0.25) is 0 Å². The zero-order valence-corrected chi connectivity index (χ0v) is 76.3. The number of unbranched alkanes of at least 4 members (excludes halogenated alkanes) is 18. The summed E-state index contributed by atoms with van der Waals surface area (Å²) in [5, 5.41) is 12.2. The molecule has 3 aromatic carbocycles. The van der Waals surface area contributed by atoms with Crippen molar-refractivity contribution < 1.29 is 14.4 Å². The van der Waals surface area contributed by atoms with E-state index < -0.39 is 0 Å². The third kappa shape index (κ3) is 15.7. The number of fused-ring (bicyclic) bond motifs is 9. The van der Waals surface area contributed by atoms with E-state index in [1.165, 1.54) is 310 Å². The summed E-state index contributed by atoms with van der Waals surface area (Å²) in [5.74, 6) is 0.426. The third-order valence-corrected chi connectivity index (χ3v) is 39.7. The second-order valence-corrected chi connectivity index (χ2v) is 45.4. The van der Waals surface area contributed by atoms with E-state index in [1.54, 1.807) is 65.9 Å². The van der Waals surface area contributed by atoms with Crippen LogP contribution in [0.15, 0.2) is 66.7 Å². The first-order chi connectivity index (χ1) is 53.5. The summed E-state index contributed by atoms with van der Waals surface area (Å²) in [6, 6.07) is 26.5. The standard InChI is InChI=1S/C93H99BO3S13/c1-12-16-18-20-22-24-26-28-30-32-36-60-65-44-75(105-86(65)61(37-33-31-29-27-25-23-21-19-17-13-2)67-46-78(107-87(60)67)88-68-47-72(53(8)95)102-83(68)56(11)99-88)71-38-39-80(101-71)94-93-92-70(49-74(104-92)55(10)97)91(110-93)77-43-63-52(7)81-62(51(6)82(63)106-77)41-57(100-81)42-76-89-69(48-73(103-89)54(9)96)90(109-76)79-45-66-59(35-15-4)84-64(40-50(5)98-84)58(34-14-3)85(66)108-79/h38-41,43-49,94H,12-37,42H2,1-11H3. The average Bonchev–Trinajstić information content (AvgIpc) is 1.58. The van der Waals surface area contributed by atoms with Gasteiger partial charge in [0.25, 0.3) is 0 Å². The van der Waals surface area contributed by atoms with Crippen molar-refractivity contribution in [3.8, 4) is 39.0 Å².